The van der Waals surface area contributed by atoms with E-state index in [0.717, 1.165) is 28.3 Å². The van der Waals surface area contributed by atoms with E-state index in [4.69, 9.17) is 4.74 Å². The number of rotatable bonds is 7. The first-order valence-corrected chi connectivity index (χ1v) is 8.57. The largest absolute Gasteiger partial charge is 0.487 e. The normalized spacial score (nSPS) is 10.2. The van der Waals surface area contributed by atoms with Crippen molar-refractivity contribution in [2.75, 3.05) is 17.2 Å². The standard InChI is InChI=1S/C22H22N2O2/c1-17-8-7-11-19(14-17)24-22(25)15-23-20-12-5-6-13-21(20)26-16-18-9-3-2-4-10-18/h2-14,23H,15-16H2,1H3,(H,24,25). The number of carbonyl (C=O) groups excluding carboxylic acids is 1. The predicted octanol–water partition coefficient (Wildman–Crippen LogP) is 4.62. The van der Waals surface area contributed by atoms with E-state index in [9.17, 15) is 4.79 Å². The highest BCUT2D eigenvalue weighted by molar-refractivity contribution is 5.94. The Balaban J connectivity index is 1.57. The number of hydrogen-bond donors (Lipinski definition) is 2. The molecule has 26 heavy (non-hydrogen) atoms. The summed E-state index contributed by atoms with van der Waals surface area (Å²) in [6.45, 7) is 2.64. The zero-order chi connectivity index (χ0) is 18.2. The van der Waals surface area contributed by atoms with E-state index in [-0.39, 0.29) is 12.5 Å². The molecule has 0 spiro atoms. The van der Waals surface area contributed by atoms with Crippen molar-refractivity contribution in [1.29, 1.82) is 0 Å². The molecule has 3 aromatic rings. The topological polar surface area (TPSA) is 50.4 Å². The summed E-state index contributed by atoms with van der Waals surface area (Å²) >= 11 is 0. The third kappa shape index (κ3) is 5.11. The quantitative estimate of drug-likeness (QED) is 0.656. The molecular formula is C22H22N2O2. The van der Waals surface area contributed by atoms with Crippen molar-refractivity contribution in [3.8, 4) is 5.75 Å². The zero-order valence-corrected chi connectivity index (χ0v) is 14.7. The molecule has 0 aliphatic heterocycles. The summed E-state index contributed by atoms with van der Waals surface area (Å²) in [5.41, 5.74) is 3.79. The maximum Gasteiger partial charge on any atom is 0.243 e. The second-order valence-electron chi connectivity index (χ2n) is 6.04. The van der Waals surface area contributed by atoms with Gasteiger partial charge >= 0.3 is 0 Å². The van der Waals surface area contributed by atoms with Gasteiger partial charge in [0.25, 0.3) is 0 Å². The van der Waals surface area contributed by atoms with Gasteiger partial charge in [0.1, 0.15) is 12.4 Å². The Kier molecular flexibility index (Phi) is 5.88. The molecule has 4 nitrogen and oxygen atoms in total. The van der Waals surface area contributed by atoms with E-state index in [1.807, 2.05) is 85.8 Å². The van der Waals surface area contributed by atoms with Gasteiger partial charge < -0.3 is 15.4 Å². The van der Waals surface area contributed by atoms with Gasteiger partial charge in [-0.1, -0.05) is 54.6 Å². The lowest BCUT2D eigenvalue weighted by atomic mass is 10.2. The van der Waals surface area contributed by atoms with Crippen molar-refractivity contribution in [3.05, 3.63) is 90.0 Å². The average Bonchev–Trinajstić information content (AvgIpc) is 2.66. The lowest BCUT2D eigenvalue weighted by Crippen LogP contribution is -2.22. The molecule has 0 radical (unpaired) electrons. The van der Waals surface area contributed by atoms with Crippen molar-refractivity contribution in [2.24, 2.45) is 0 Å². The second kappa shape index (κ2) is 8.72. The van der Waals surface area contributed by atoms with Crippen LogP contribution in [-0.2, 0) is 11.4 Å². The predicted molar refractivity (Wildman–Crippen MR) is 106 cm³/mol. The summed E-state index contributed by atoms with van der Waals surface area (Å²) in [7, 11) is 0. The van der Waals surface area contributed by atoms with Gasteiger partial charge in [0.05, 0.1) is 12.2 Å². The highest BCUT2D eigenvalue weighted by atomic mass is 16.5. The van der Waals surface area contributed by atoms with Crippen LogP contribution in [0.3, 0.4) is 0 Å². The van der Waals surface area contributed by atoms with Crippen molar-refractivity contribution >= 4 is 17.3 Å². The first-order valence-electron chi connectivity index (χ1n) is 8.57. The number of amides is 1. The smallest absolute Gasteiger partial charge is 0.243 e. The van der Waals surface area contributed by atoms with Gasteiger partial charge in [0, 0.05) is 5.69 Å². The van der Waals surface area contributed by atoms with Crippen LogP contribution in [-0.4, -0.2) is 12.5 Å². The molecule has 132 valence electrons. The van der Waals surface area contributed by atoms with Gasteiger partial charge in [-0.3, -0.25) is 4.79 Å². The number of anilines is 2. The summed E-state index contributed by atoms with van der Waals surface area (Å²) < 4.78 is 5.90. The maximum atomic E-state index is 12.2. The van der Waals surface area contributed by atoms with Crippen LogP contribution < -0.4 is 15.4 Å². The first-order chi connectivity index (χ1) is 12.7. The highest BCUT2D eigenvalue weighted by Gasteiger charge is 2.06. The SMILES string of the molecule is Cc1cccc(NC(=O)CNc2ccccc2OCc2ccccc2)c1. The Morgan fingerprint density at radius 1 is 0.923 bits per heavy atom. The number of benzene rings is 3. The average molecular weight is 346 g/mol. The van der Waals surface area contributed by atoms with Crippen LogP contribution in [0.4, 0.5) is 11.4 Å². The molecule has 0 aliphatic rings. The minimum Gasteiger partial charge on any atom is -0.487 e. The van der Waals surface area contributed by atoms with Gasteiger partial charge in [-0.2, -0.15) is 0 Å². The van der Waals surface area contributed by atoms with Gasteiger partial charge in [0.15, 0.2) is 0 Å². The van der Waals surface area contributed by atoms with Crippen LogP contribution in [0.1, 0.15) is 11.1 Å². The number of ether oxygens (including phenoxy) is 1. The van der Waals surface area contributed by atoms with Crippen LogP contribution in [0.15, 0.2) is 78.9 Å². The molecule has 0 aromatic heterocycles. The van der Waals surface area contributed by atoms with Crippen LogP contribution >= 0.6 is 0 Å². The van der Waals surface area contributed by atoms with Crippen molar-refractivity contribution in [3.63, 3.8) is 0 Å². The molecule has 3 rings (SSSR count). The van der Waals surface area contributed by atoms with Crippen LogP contribution in [0.2, 0.25) is 0 Å². The van der Waals surface area contributed by atoms with E-state index in [2.05, 4.69) is 10.6 Å². The molecule has 0 saturated carbocycles. The number of para-hydroxylation sites is 2. The van der Waals surface area contributed by atoms with Gasteiger partial charge in [-0.25, -0.2) is 0 Å². The fourth-order valence-corrected chi connectivity index (χ4v) is 2.58. The number of hydrogen-bond acceptors (Lipinski definition) is 3. The lowest BCUT2D eigenvalue weighted by molar-refractivity contribution is -0.114. The Morgan fingerprint density at radius 2 is 1.69 bits per heavy atom. The van der Waals surface area contributed by atoms with Crippen molar-refractivity contribution < 1.29 is 9.53 Å². The molecule has 2 N–H and O–H groups in total. The second-order valence-corrected chi connectivity index (χ2v) is 6.04. The van der Waals surface area contributed by atoms with E-state index < -0.39 is 0 Å². The summed E-state index contributed by atoms with van der Waals surface area (Å²) in [6.07, 6.45) is 0. The molecule has 4 heteroatoms. The molecule has 0 saturated heterocycles. The summed E-state index contributed by atoms with van der Waals surface area (Å²) in [4.78, 5) is 12.2. The molecule has 0 unspecified atom stereocenters. The lowest BCUT2D eigenvalue weighted by Gasteiger charge is -2.13. The third-order valence-corrected chi connectivity index (χ3v) is 3.87. The van der Waals surface area contributed by atoms with E-state index >= 15 is 0 Å². The minimum atomic E-state index is -0.103. The Bertz CT molecular complexity index is 863. The fourth-order valence-electron chi connectivity index (χ4n) is 2.58. The van der Waals surface area contributed by atoms with Gasteiger partial charge in [0.2, 0.25) is 5.91 Å². The minimum absolute atomic E-state index is 0.103. The molecule has 0 bridgehead atoms. The van der Waals surface area contributed by atoms with Gasteiger partial charge in [-0.15, -0.1) is 0 Å². The maximum absolute atomic E-state index is 12.2. The molecule has 1 amide bonds. The summed E-state index contributed by atoms with van der Waals surface area (Å²) in [5.74, 6) is 0.619. The monoisotopic (exact) mass is 346 g/mol. The zero-order valence-electron chi connectivity index (χ0n) is 14.7. The Hall–Kier alpha value is -3.27. The van der Waals surface area contributed by atoms with Gasteiger partial charge in [-0.05, 0) is 42.3 Å². The molecule has 0 aliphatic carbocycles. The van der Waals surface area contributed by atoms with Crippen LogP contribution in [0.5, 0.6) is 5.75 Å². The Labute approximate surface area is 153 Å². The van der Waals surface area contributed by atoms with E-state index in [1.165, 1.54) is 0 Å². The molecular weight excluding hydrogens is 324 g/mol. The van der Waals surface area contributed by atoms with E-state index in [0.29, 0.717) is 6.61 Å². The molecule has 0 fully saturated rings. The van der Waals surface area contributed by atoms with Crippen LogP contribution in [0, 0.1) is 6.92 Å². The van der Waals surface area contributed by atoms with Crippen molar-refractivity contribution in [2.45, 2.75) is 13.5 Å². The fraction of sp³-hybridized carbons (Fsp3) is 0.136. The van der Waals surface area contributed by atoms with E-state index in [1.54, 1.807) is 0 Å². The molecule has 0 heterocycles. The molecule has 0 atom stereocenters. The number of carbonyl (C=O) groups is 1. The number of nitrogens with one attached hydrogen (secondary N) is 2. The highest BCUT2D eigenvalue weighted by Crippen LogP contribution is 2.24. The summed E-state index contributed by atoms with van der Waals surface area (Å²) in [5, 5.41) is 6.04. The van der Waals surface area contributed by atoms with Crippen molar-refractivity contribution in [1.82, 2.24) is 0 Å². The van der Waals surface area contributed by atoms with Crippen LogP contribution in [0.25, 0.3) is 0 Å². The summed E-state index contributed by atoms with van der Waals surface area (Å²) in [6, 6.07) is 25.3. The molecule has 3 aromatic carbocycles. The Morgan fingerprint density at radius 3 is 2.50 bits per heavy atom. The third-order valence-electron chi connectivity index (χ3n) is 3.87. The first kappa shape index (κ1) is 17.5. The number of aryl methyl sites for hydroxylation is 1.